The molecule has 43 heavy (non-hydrogen) atoms. The third-order valence-electron chi connectivity index (χ3n) is 6.91. The summed E-state index contributed by atoms with van der Waals surface area (Å²) in [5.74, 6) is 0.153. The third-order valence-corrected chi connectivity index (χ3v) is 7.14. The minimum atomic E-state index is -0.941. The lowest BCUT2D eigenvalue weighted by molar-refractivity contribution is -0.119. The molecule has 0 radical (unpaired) electrons. The second-order valence-electron chi connectivity index (χ2n) is 11.5. The zero-order valence-electron chi connectivity index (χ0n) is 24.7. The Morgan fingerprint density at radius 1 is 1.05 bits per heavy atom. The maximum Gasteiger partial charge on any atom is 0.415 e. The molecule has 0 saturated carbocycles. The molecule has 1 heterocycles. The van der Waals surface area contributed by atoms with E-state index in [1.165, 1.54) is 9.80 Å². The van der Waals surface area contributed by atoms with Crippen LogP contribution in [0.15, 0.2) is 78.9 Å². The topological polar surface area (TPSA) is 108 Å². The van der Waals surface area contributed by atoms with Crippen molar-refractivity contribution in [3.05, 3.63) is 95.0 Å². The predicted molar refractivity (Wildman–Crippen MR) is 165 cm³/mol. The molecule has 0 aliphatic carbocycles. The summed E-state index contributed by atoms with van der Waals surface area (Å²) in [6, 6.07) is 22.4. The van der Waals surface area contributed by atoms with Crippen molar-refractivity contribution in [2.45, 2.75) is 57.8 Å². The van der Waals surface area contributed by atoms with Gasteiger partial charge < -0.3 is 24.8 Å². The first-order chi connectivity index (χ1) is 20.5. The van der Waals surface area contributed by atoms with Crippen molar-refractivity contribution in [3.63, 3.8) is 0 Å². The van der Waals surface area contributed by atoms with Gasteiger partial charge in [0.1, 0.15) is 17.4 Å². The molecule has 1 fully saturated rings. The largest absolute Gasteiger partial charge is 0.444 e. The minimum absolute atomic E-state index is 0.0357. The Kier molecular flexibility index (Phi) is 10.7. The summed E-state index contributed by atoms with van der Waals surface area (Å²) in [6.07, 6.45) is -0.254. The van der Waals surface area contributed by atoms with Crippen molar-refractivity contribution in [2.24, 2.45) is 0 Å². The Morgan fingerprint density at radius 3 is 2.44 bits per heavy atom. The number of para-hydroxylation sites is 1. The number of nitrogens with one attached hydrogen (secondary N) is 1. The van der Waals surface area contributed by atoms with Gasteiger partial charge in [-0.05, 0) is 87.6 Å². The van der Waals surface area contributed by atoms with Gasteiger partial charge in [-0.15, -0.1) is 0 Å². The van der Waals surface area contributed by atoms with Crippen LogP contribution in [0.25, 0.3) is 0 Å². The van der Waals surface area contributed by atoms with Gasteiger partial charge in [-0.3, -0.25) is 9.69 Å². The number of aliphatic hydroxyl groups excluding tert-OH is 1. The van der Waals surface area contributed by atoms with E-state index in [0.29, 0.717) is 54.4 Å². The fourth-order valence-electron chi connectivity index (χ4n) is 4.76. The van der Waals surface area contributed by atoms with E-state index < -0.39 is 29.9 Å². The van der Waals surface area contributed by atoms with Gasteiger partial charge in [0.2, 0.25) is 5.91 Å². The number of anilines is 1. The van der Waals surface area contributed by atoms with Crippen LogP contribution < -0.4 is 10.1 Å². The Balaban J connectivity index is 1.35. The SMILES string of the molecule is CC(C)(C)OC(=O)N(CCc1ccc(NC(=O)[C@@H]2CCCN2C(=O)Oc2ccccc2)cc1)C[C@H](O)c1cccc(Cl)c1. The van der Waals surface area contributed by atoms with E-state index in [0.717, 1.165) is 5.56 Å². The van der Waals surface area contributed by atoms with Crippen molar-refractivity contribution in [3.8, 4) is 5.75 Å². The van der Waals surface area contributed by atoms with E-state index in [4.69, 9.17) is 21.1 Å². The average Bonchev–Trinajstić information content (AvgIpc) is 3.46. The number of carbonyl (C=O) groups is 3. The highest BCUT2D eigenvalue weighted by Crippen LogP contribution is 2.23. The van der Waals surface area contributed by atoms with Crippen LogP contribution in [0, 0.1) is 0 Å². The number of rotatable bonds is 9. The monoisotopic (exact) mass is 607 g/mol. The molecular formula is C33H38ClN3O6. The second kappa shape index (κ2) is 14.4. The Bertz CT molecular complexity index is 1390. The van der Waals surface area contributed by atoms with Crippen LogP contribution in [0.4, 0.5) is 15.3 Å². The quantitative estimate of drug-likeness (QED) is 0.289. The van der Waals surface area contributed by atoms with Crippen LogP contribution >= 0.6 is 11.6 Å². The van der Waals surface area contributed by atoms with E-state index in [1.54, 1.807) is 81.4 Å². The first-order valence-corrected chi connectivity index (χ1v) is 14.7. The number of aliphatic hydroxyl groups is 1. The number of amides is 3. The van der Waals surface area contributed by atoms with Crippen LogP contribution in [0.2, 0.25) is 5.02 Å². The molecule has 0 unspecified atom stereocenters. The molecule has 2 atom stereocenters. The summed E-state index contributed by atoms with van der Waals surface area (Å²) in [6.45, 7) is 6.16. The number of nitrogens with zero attached hydrogens (tertiary/aromatic N) is 2. The van der Waals surface area contributed by atoms with Crippen LogP contribution in [-0.4, -0.2) is 64.3 Å². The molecule has 3 aromatic carbocycles. The Labute approximate surface area is 257 Å². The number of benzene rings is 3. The maximum absolute atomic E-state index is 13.1. The van der Waals surface area contributed by atoms with Crippen molar-refractivity contribution in [1.82, 2.24) is 9.80 Å². The highest BCUT2D eigenvalue weighted by Gasteiger charge is 2.35. The summed E-state index contributed by atoms with van der Waals surface area (Å²) in [5.41, 5.74) is 1.44. The molecule has 10 heteroatoms. The first-order valence-electron chi connectivity index (χ1n) is 14.3. The molecular weight excluding hydrogens is 570 g/mol. The number of halogens is 1. The zero-order chi connectivity index (χ0) is 31.0. The van der Waals surface area contributed by atoms with Crippen molar-refractivity contribution in [1.29, 1.82) is 0 Å². The number of ether oxygens (including phenoxy) is 2. The van der Waals surface area contributed by atoms with Gasteiger partial charge in [0.05, 0.1) is 12.6 Å². The summed E-state index contributed by atoms with van der Waals surface area (Å²) < 4.78 is 11.0. The minimum Gasteiger partial charge on any atom is -0.444 e. The molecule has 1 saturated heterocycles. The fourth-order valence-corrected chi connectivity index (χ4v) is 4.96. The smallest absolute Gasteiger partial charge is 0.415 e. The van der Waals surface area contributed by atoms with Gasteiger partial charge in [-0.2, -0.15) is 0 Å². The van der Waals surface area contributed by atoms with E-state index in [-0.39, 0.29) is 12.5 Å². The lowest BCUT2D eigenvalue weighted by Gasteiger charge is -2.29. The van der Waals surface area contributed by atoms with E-state index in [1.807, 2.05) is 18.2 Å². The summed E-state index contributed by atoms with van der Waals surface area (Å²) in [7, 11) is 0. The molecule has 0 bridgehead atoms. The van der Waals surface area contributed by atoms with Crippen LogP contribution in [0.1, 0.15) is 50.8 Å². The van der Waals surface area contributed by atoms with Crippen molar-refractivity contribution < 1.29 is 29.0 Å². The van der Waals surface area contributed by atoms with Crippen LogP contribution in [-0.2, 0) is 16.0 Å². The fraction of sp³-hybridized carbons (Fsp3) is 0.364. The van der Waals surface area contributed by atoms with Gasteiger partial charge >= 0.3 is 12.2 Å². The summed E-state index contributed by atoms with van der Waals surface area (Å²) in [5, 5.41) is 14.2. The molecule has 0 aromatic heterocycles. The molecule has 9 nitrogen and oxygen atoms in total. The van der Waals surface area contributed by atoms with Crippen LogP contribution in [0.5, 0.6) is 5.75 Å². The van der Waals surface area contributed by atoms with Gasteiger partial charge in [-0.25, -0.2) is 9.59 Å². The van der Waals surface area contributed by atoms with Crippen molar-refractivity contribution >= 4 is 35.4 Å². The Hall–Kier alpha value is -4.08. The Morgan fingerprint density at radius 2 is 1.77 bits per heavy atom. The normalized spacial score (nSPS) is 15.5. The van der Waals surface area contributed by atoms with E-state index >= 15 is 0 Å². The highest BCUT2D eigenvalue weighted by atomic mass is 35.5. The molecule has 3 aromatic rings. The average molecular weight is 608 g/mol. The number of likely N-dealkylation sites (tertiary alicyclic amines) is 1. The van der Waals surface area contributed by atoms with E-state index in [9.17, 15) is 19.5 Å². The van der Waals surface area contributed by atoms with E-state index in [2.05, 4.69) is 5.32 Å². The predicted octanol–water partition coefficient (Wildman–Crippen LogP) is 6.46. The number of carbonyl (C=O) groups excluding carboxylic acids is 3. The van der Waals surface area contributed by atoms with Gasteiger partial charge in [0.25, 0.3) is 0 Å². The molecule has 0 spiro atoms. The van der Waals surface area contributed by atoms with Crippen molar-refractivity contribution in [2.75, 3.05) is 25.0 Å². The highest BCUT2D eigenvalue weighted by molar-refractivity contribution is 6.30. The third kappa shape index (κ3) is 9.46. The van der Waals surface area contributed by atoms with Gasteiger partial charge in [0, 0.05) is 23.8 Å². The van der Waals surface area contributed by atoms with Gasteiger partial charge in [0.15, 0.2) is 0 Å². The maximum atomic E-state index is 13.1. The number of hydrogen-bond donors (Lipinski definition) is 2. The summed E-state index contributed by atoms with van der Waals surface area (Å²) >= 11 is 6.08. The van der Waals surface area contributed by atoms with Gasteiger partial charge in [-0.1, -0.05) is 54.1 Å². The molecule has 1 aliphatic heterocycles. The lowest BCUT2D eigenvalue weighted by Crippen LogP contribution is -2.44. The molecule has 228 valence electrons. The molecule has 3 amide bonds. The summed E-state index contributed by atoms with van der Waals surface area (Å²) in [4.78, 5) is 41.7. The zero-order valence-corrected chi connectivity index (χ0v) is 25.4. The lowest BCUT2D eigenvalue weighted by atomic mass is 10.1. The molecule has 4 rings (SSSR count). The molecule has 1 aliphatic rings. The first kappa shape index (κ1) is 31.8. The number of hydrogen-bond acceptors (Lipinski definition) is 6. The standard InChI is InChI=1S/C33H38ClN3O6/c1-33(2,3)43-31(40)36(22-29(38)24-9-7-10-25(34)21-24)20-18-23-14-16-26(17-15-23)35-30(39)28-13-8-19-37(28)32(41)42-27-11-5-4-6-12-27/h4-7,9-12,14-17,21,28-29,38H,8,13,18-20,22H2,1-3H3,(H,35,39)/t28-,29-/m0/s1. The van der Waals surface area contributed by atoms with Crippen LogP contribution in [0.3, 0.4) is 0 Å². The molecule has 2 N–H and O–H groups in total. The second-order valence-corrected chi connectivity index (χ2v) is 11.9.